The molecule has 16 heavy (non-hydrogen) atoms. The number of likely N-dealkylation sites (N-methyl/N-ethyl adjacent to an activating group) is 1. The smallest absolute Gasteiger partial charge is 0.239 e. The lowest BCUT2D eigenvalue weighted by atomic mass is 10.4. The molecule has 0 aliphatic carbocycles. The van der Waals surface area contributed by atoms with Crippen molar-refractivity contribution >= 4 is 17.4 Å². The van der Waals surface area contributed by atoms with Crippen LogP contribution in [0.25, 0.3) is 0 Å². The highest BCUT2D eigenvalue weighted by molar-refractivity contribution is 5.80. The number of hydrogen-bond acceptors (Lipinski definition) is 5. The van der Waals surface area contributed by atoms with E-state index in [9.17, 15) is 4.79 Å². The first-order valence-corrected chi connectivity index (χ1v) is 5.01. The van der Waals surface area contributed by atoms with Crippen molar-refractivity contribution in [1.29, 1.82) is 0 Å². The molecular formula is C10H16N4O2. The van der Waals surface area contributed by atoms with Gasteiger partial charge in [0.25, 0.3) is 0 Å². The number of carbonyl (C=O) groups excluding carboxylic acids is 1. The Morgan fingerprint density at radius 1 is 1.56 bits per heavy atom. The second kappa shape index (κ2) is 5.79. The van der Waals surface area contributed by atoms with Gasteiger partial charge in [-0.15, -0.1) is 0 Å². The zero-order valence-electron chi connectivity index (χ0n) is 9.41. The summed E-state index contributed by atoms with van der Waals surface area (Å²) in [6.45, 7) is 2.51. The summed E-state index contributed by atoms with van der Waals surface area (Å²) in [5.41, 5.74) is 6.14. The largest absolute Gasteiger partial charge is 0.476 e. The molecule has 0 aliphatic rings. The van der Waals surface area contributed by atoms with Crippen LogP contribution in [-0.2, 0) is 4.79 Å². The Labute approximate surface area is 94.2 Å². The van der Waals surface area contributed by atoms with Crippen LogP contribution in [0.1, 0.15) is 6.92 Å². The van der Waals surface area contributed by atoms with E-state index in [0.29, 0.717) is 24.0 Å². The third kappa shape index (κ3) is 3.30. The fraction of sp³-hybridized carbons (Fsp3) is 0.400. The number of ether oxygens (including phenoxy) is 1. The van der Waals surface area contributed by atoms with Crippen LogP contribution in [-0.4, -0.2) is 31.1 Å². The van der Waals surface area contributed by atoms with Crippen LogP contribution in [0.2, 0.25) is 0 Å². The summed E-state index contributed by atoms with van der Waals surface area (Å²) in [6, 6.07) is 3.38. The Morgan fingerprint density at radius 3 is 2.94 bits per heavy atom. The minimum absolute atomic E-state index is 0.114. The predicted octanol–water partition coefficient (Wildman–Crippen LogP) is 0.220. The Morgan fingerprint density at radius 2 is 2.31 bits per heavy atom. The first-order valence-electron chi connectivity index (χ1n) is 5.01. The number of rotatable bonds is 5. The van der Waals surface area contributed by atoms with Crippen LogP contribution < -0.4 is 21.1 Å². The summed E-state index contributed by atoms with van der Waals surface area (Å²) >= 11 is 0. The summed E-state index contributed by atoms with van der Waals surface area (Å²) in [6.07, 6.45) is 0. The molecule has 88 valence electrons. The monoisotopic (exact) mass is 224 g/mol. The van der Waals surface area contributed by atoms with E-state index < -0.39 is 0 Å². The van der Waals surface area contributed by atoms with E-state index in [1.807, 2.05) is 6.92 Å². The zero-order valence-corrected chi connectivity index (χ0v) is 9.41. The third-order valence-corrected chi connectivity index (χ3v) is 1.88. The van der Waals surface area contributed by atoms with Crippen LogP contribution in [0.4, 0.5) is 11.5 Å². The van der Waals surface area contributed by atoms with Crippen LogP contribution in [0.15, 0.2) is 12.1 Å². The highest BCUT2D eigenvalue weighted by Gasteiger charge is 2.04. The quantitative estimate of drug-likeness (QED) is 0.665. The lowest BCUT2D eigenvalue weighted by Crippen LogP contribution is -2.26. The standard InChI is InChI=1S/C10H16N4O2/c1-3-16-10-7(11)4-5-8(14-10)13-6-9(15)12-2/h4-5H,3,6,11H2,1-2H3,(H,12,15)(H,13,14). The molecular weight excluding hydrogens is 208 g/mol. The van der Waals surface area contributed by atoms with Gasteiger partial charge in [0.15, 0.2) is 0 Å². The van der Waals surface area contributed by atoms with E-state index in [-0.39, 0.29) is 12.5 Å². The van der Waals surface area contributed by atoms with Crippen molar-refractivity contribution in [3.05, 3.63) is 12.1 Å². The van der Waals surface area contributed by atoms with Crippen LogP contribution >= 0.6 is 0 Å². The number of nitrogens with two attached hydrogens (primary N) is 1. The molecule has 0 saturated heterocycles. The minimum Gasteiger partial charge on any atom is -0.476 e. The maximum absolute atomic E-state index is 11.0. The van der Waals surface area contributed by atoms with Gasteiger partial charge >= 0.3 is 0 Å². The number of nitrogens with zero attached hydrogens (tertiary/aromatic N) is 1. The number of hydrogen-bond donors (Lipinski definition) is 3. The van der Waals surface area contributed by atoms with Gasteiger partial charge in [0.05, 0.1) is 18.8 Å². The van der Waals surface area contributed by atoms with E-state index in [0.717, 1.165) is 0 Å². The van der Waals surface area contributed by atoms with Crippen molar-refractivity contribution in [2.45, 2.75) is 6.92 Å². The second-order valence-electron chi connectivity index (χ2n) is 3.05. The van der Waals surface area contributed by atoms with E-state index in [4.69, 9.17) is 10.5 Å². The number of pyridine rings is 1. The van der Waals surface area contributed by atoms with E-state index in [1.165, 1.54) is 0 Å². The highest BCUT2D eigenvalue weighted by atomic mass is 16.5. The van der Waals surface area contributed by atoms with E-state index in [2.05, 4.69) is 15.6 Å². The number of nitrogen functional groups attached to an aromatic ring is 1. The molecule has 6 heteroatoms. The van der Waals surface area contributed by atoms with Gasteiger partial charge in [-0.05, 0) is 19.1 Å². The van der Waals surface area contributed by atoms with Gasteiger partial charge in [-0.25, -0.2) is 0 Å². The van der Waals surface area contributed by atoms with Crippen molar-refractivity contribution in [2.24, 2.45) is 0 Å². The molecule has 0 bridgehead atoms. The maximum atomic E-state index is 11.0. The molecule has 0 aliphatic heterocycles. The van der Waals surface area contributed by atoms with Gasteiger partial charge in [0, 0.05) is 7.05 Å². The third-order valence-electron chi connectivity index (χ3n) is 1.88. The molecule has 0 saturated carbocycles. The molecule has 0 spiro atoms. The molecule has 0 unspecified atom stereocenters. The van der Waals surface area contributed by atoms with Crippen molar-refractivity contribution < 1.29 is 9.53 Å². The summed E-state index contributed by atoms with van der Waals surface area (Å²) in [4.78, 5) is 15.1. The fourth-order valence-electron chi connectivity index (χ4n) is 1.06. The molecule has 4 N–H and O–H groups in total. The Hall–Kier alpha value is -1.98. The Balaban J connectivity index is 2.67. The summed E-state index contributed by atoms with van der Waals surface area (Å²) in [5.74, 6) is 0.822. The van der Waals surface area contributed by atoms with E-state index >= 15 is 0 Å². The Bertz CT molecular complexity index is 368. The van der Waals surface area contributed by atoms with Crippen molar-refractivity contribution in [1.82, 2.24) is 10.3 Å². The second-order valence-corrected chi connectivity index (χ2v) is 3.05. The van der Waals surface area contributed by atoms with Gasteiger partial charge in [0.1, 0.15) is 5.82 Å². The summed E-state index contributed by atoms with van der Waals surface area (Å²) in [5, 5.41) is 5.36. The number of anilines is 2. The molecule has 6 nitrogen and oxygen atoms in total. The van der Waals surface area contributed by atoms with Crippen LogP contribution in [0.5, 0.6) is 5.88 Å². The number of amides is 1. The average Bonchev–Trinajstić information content (AvgIpc) is 2.30. The molecule has 1 rings (SSSR count). The zero-order chi connectivity index (χ0) is 12.0. The van der Waals surface area contributed by atoms with E-state index in [1.54, 1.807) is 19.2 Å². The van der Waals surface area contributed by atoms with Gasteiger partial charge in [-0.1, -0.05) is 0 Å². The lowest BCUT2D eigenvalue weighted by molar-refractivity contribution is -0.118. The average molecular weight is 224 g/mol. The molecule has 0 radical (unpaired) electrons. The summed E-state index contributed by atoms with van der Waals surface area (Å²) < 4.78 is 5.23. The van der Waals surface area contributed by atoms with Gasteiger partial charge in [0.2, 0.25) is 11.8 Å². The first-order chi connectivity index (χ1) is 7.67. The molecule has 1 amide bonds. The van der Waals surface area contributed by atoms with Crippen molar-refractivity contribution in [2.75, 3.05) is 31.2 Å². The van der Waals surface area contributed by atoms with Crippen LogP contribution in [0, 0.1) is 0 Å². The molecule has 1 aromatic heterocycles. The fourth-order valence-corrected chi connectivity index (χ4v) is 1.06. The minimum atomic E-state index is -0.114. The Kier molecular flexibility index (Phi) is 4.38. The van der Waals surface area contributed by atoms with Gasteiger partial charge in [-0.3, -0.25) is 4.79 Å². The number of aromatic nitrogens is 1. The summed E-state index contributed by atoms with van der Waals surface area (Å²) in [7, 11) is 1.58. The molecule has 0 atom stereocenters. The molecule has 1 heterocycles. The predicted molar refractivity (Wildman–Crippen MR) is 62.4 cm³/mol. The molecule has 0 fully saturated rings. The topological polar surface area (TPSA) is 89.3 Å². The maximum Gasteiger partial charge on any atom is 0.239 e. The molecule has 1 aromatic rings. The molecule has 0 aromatic carbocycles. The first kappa shape index (κ1) is 12.1. The van der Waals surface area contributed by atoms with Crippen LogP contribution in [0.3, 0.4) is 0 Å². The lowest BCUT2D eigenvalue weighted by Gasteiger charge is -2.09. The highest BCUT2D eigenvalue weighted by Crippen LogP contribution is 2.20. The number of carbonyl (C=O) groups is 1. The van der Waals surface area contributed by atoms with Gasteiger partial charge < -0.3 is 21.1 Å². The van der Waals surface area contributed by atoms with Gasteiger partial charge in [-0.2, -0.15) is 4.98 Å². The van der Waals surface area contributed by atoms with Crippen molar-refractivity contribution in [3.63, 3.8) is 0 Å². The SMILES string of the molecule is CCOc1nc(NCC(=O)NC)ccc1N. The normalized spacial score (nSPS) is 9.62. The number of nitrogens with one attached hydrogen (secondary N) is 2. The van der Waals surface area contributed by atoms with Crippen molar-refractivity contribution in [3.8, 4) is 5.88 Å².